The van der Waals surface area contributed by atoms with Crippen molar-refractivity contribution in [1.82, 2.24) is 14.8 Å². The number of nitrogens with zero attached hydrogens (tertiary/aromatic N) is 3. The first kappa shape index (κ1) is 16.2. The van der Waals surface area contributed by atoms with E-state index in [-0.39, 0.29) is 5.91 Å². The van der Waals surface area contributed by atoms with Crippen molar-refractivity contribution in [2.24, 2.45) is 0 Å². The summed E-state index contributed by atoms with van der Waals surface area (Å²) < 4.78 is 0. The molecule has 122 valence electrons. The standard InChI is InChI=1S/C18H22ClN3O/c1-13-15-6-3-4-7-16(15)20-17(18(13)19)12-21-8-5-9-22(11-10-21)14(2)23/h3-4,6-7H,5,8-12H2,1-2H3. The van der Waals surface area contributed by atoms with Gasteiger partial charge in [-0.25, -0.2) is 4.98 Å². The summed E-state index contributed by atoms with van der Waals surface area (Å²) in [6.45, 7) is 7.87. The molecule has 0 unspecified atom stereocenters. The Balaban J connectivity index is 1.81. The zero-order valence-electron chi connectivity index (χ0n) is 13.7. The molecular weight excluding hydrogens is 310 g/mol. The van der Waals surface area contributed by atoms with Crippen LogP contribution < -0.4 is 0 Å². The maximum Gasteiger partial charge on any atom is 0.219 e. The zero-order chi connectivity index (χ0) is 16.4. The quantitative estimate of drug-likeness (QED) is 0.847. The fourth-order valence-corrected chi connectivity index (χ4v) is 3.38. The number of hydrogen-bond donors (Lipinski definition) is 0. The third-order valence-electron chi connectivity index (χ3n) is 4.55. The van der Waals surface area contributed by atoms with E-state index < -0.39 is 0 Å². The highest BCUT2D eigenvalue weighted by Gasteiger charge is 2.19. The Morgan fingerprint density at radius 3 is 2.78 bits per heavy atom. The van der Waals surface area contributed by atoms with Gasteiger partial charge in [0.05, 0.1) is 16.2 Å². The number of fused-ring (bicyclic) bond motifs is 1. The highest BCUT2D eigenvalue weighted by Crippen LogP contribution is 2.27. The van der Waals surface area contributed by atoms with Crippen LogP contribution in [0.4, 0.5) is 0 Å². The third-order valence-corrected chi connectivity index (χ3v) is 5.05. The lowest BCUT2D eigenvalue weighted by Gasteiger charge is -2.21. The summed E-state index contributed by atoms with van der Waals surface area (Å²) in [7, 11) is 0. The first-order chi connectivity index (χ1) is 11.1. The first-order valence-corrected chi connectivity index (χ1v) is 8.45. The maximum absolute atomic E-state index is 11.5. The van der Waals surface area contributed by atoms with Crippen LogP contribution in [0.2, 0.25) is 5.02 Å². The van der Waals surface area contributed by atoms with Gasteiger partial charge in [-0.05, 0) is 25.0 Å². The van der Waals surface area contributed by atoms with Gasteiger partial charge in [0.25, 0.3) is 0 Å². The molecule has 1 aliphatic rings. The van der Waals surface area contributed by atoms with Crippen molar-refractivity contribution >= 4 is 28.4 Å². The third kappa shape index (κ3) is 3.48. The van der Waals surface area contributed by atoms with Crippen molar-refractivity contribution in [1.29, 1.82) is 0 Å². The number of hydrogen-bond acceptors (Lipinski definition) is 3. The number of aromatic nitrogens is 1. The number of carbonyl (C=O) groups is 1. The molecule has 1 aromatic carbocycles. The van der Waals surface area contributed by atoms with Crippen LogP contribution in [0.1, 0.15) is 24.6 Å². The van der Waals surface area contributed by atoms with Crippen LogP contribution >= 0.6 is 11.6 Å². The average Bonchev–Trinajstić information content (AvgIpc) is 2.78. The summed E-state index contributed by atoms with van der Waals surface area (Å²) in [5.74, 6) is 0.157. The van der Waals surface area contributed by atoms with Gasteiger partial charge in [0, 0.05) is 45.0 Å². The molecule has 5 heteroatoms. The lowest BCUT2D eigenvalue weighted by Crippen LogP contribution is -2.33. The highest BCUT2D eigenvalue weighted by atomic mass is 35.5. The number of amides is 1. The summed E-state index contributed by atoms with van der Waals surface area (Å²) >= 11 is 6.56. The Morgan fingerprint density at radius 1 is 1.22 bits per heavy atom. The molecular formula is C18H22ClN3O. The molecule has 0 bridgehead atoms. The van der Waals surface area contributed by atoms with Crippen molar-refractivity contribution in [2.45, 2.75) is 26.8 Å². The van der Waals surface area contributed by atoms with Gasteiger partial charge in [0.2, 0.25) is 5.91 Å². The van der Waals surface area contributed by atoms with Crippen molar-refractivity contribution in [3.05, 3.63) is 40.5 Å². The topological polar surface area (TPSA) is 36.4 Å². The van der Waals surface area contributed by atoms with Gasteiger partial charge >= 0.3 is 0 Å². The minimum Gasteiger partial charge on any atom is -0.342 e. The van der Waals surface area contributed by atoms with E-state index in [0.717, 1.165) is 66.3 Å². The highest BCUT2D eigenvalue weighted by molar-refractivity contribution is 6.32. The van der Waals surface area contributed by atoms with Gasteiger partial charge in [-0.3, -0.25) is 9.69 Å². The second-order valence-electron chi connectivity index (χ2n) is 6.15. The Labute approximate surface area is 142 Å². The Bertz CT molecular complexity index is 732. The molecule has 2 heterocycles. The molecule has 2 aromatic rings. The number of aryl methyl sites for hydroxylation is 1. The molecule has 1 saturated heterocycles. The molecule has 0 aliphatic carbocycles. The van der Waals surface area contributed by atoms with Crippen LogP contribution in [0.5, 0.6) is 0 Å². The van der Waals surface area contributed by atoms with Crippen LogP contribution in [-0.2, 0) is 11.3 Å². The fourth-order valence-electron chi connectivity index (χ4n) is 3.18. The summed E-state index contributed by atoms with van der Waals surface area (Å²) in [6, 6.07) is 8.10. The molecule has 1 aliphatic heterocycles. The monoisotopic (exact) mass is 331 g/mol. The van der Waals surface area contributed by atoms with E-state index in [1.54, 1.807) is 6.92 Å². The van der Waals surface area contributed by atoms with E-state index in [2.05, 4.69) is 17.9 Å². The lowest BCUT2D eigenvalue weighted by molar-refractivity contribution is -0.128. The van der Waals surface area contributed by atoms with Crippen molar-refractivity contribution in [3.8, 4) is 0 Å². The van der Waals surface area contributed by atoms with Gasteiger partial charge in [0.1, 0.15) is 0 Å². The first-order valence-electron chi connectivity index (χ1n) is 8.08. The molecule has 0 N–H and O–H groups in total. The minimum absolute atomic E-state index is 0.157. The normalized spacial score (nSPS) is 16.6. The van der Waals surface area contributed by atoms with Crippen molar-refractivity contribution < 1.29 is 4.79 Å². The number of para-hydroxylation sites is 1. The van der Waals surface area contributed by atoms with E-state index in [0.29, 0.717) is 0 Å². The second kappa shape index (κ2) is 6.85. The smallest absolute Gasteiger partial charge is 0.219 e. The van der Waals surface area contributed by atoms with Gasteiger partial charge in [-0.15, -0.1) is 0 Å². The SMILES string of the molecule is CC(=O)N1CCCN(Cc2nc3ccccc3c(C)c2Cl)CC1. The van der Waals surface area contributed by atoms with Crippen LogP contribution in [0.3, 0.4) is 0 Å². The number of carbonyl (C=O) groups excluding carboxylic acids is 1. The molecule has 0 radical (unpaired) electrons. The van der Waals surface area contributed by atoms with E-state index >= 15 is 0 Å². The van der Waals surface area contributed by atoms with Crippen LogP contribution in [0, 0.1) is 6.92 Å². The van der Waals surface area contributed by atoms with Gasteiger partial charge in [0.15, 0.2) is 0 Å². The molecule has 0 saturated carbocycles. The van der Waals surface area contributed by atoms with Crippen LogP contribution in [0.25, 0.3) is 10.9 Å². The van der Waals surface area contributed by atoms with E-state index in [4.69, 9.17) is 16.6 Å². The van der Waals surface area contributed by atoms with E-state index in [1.807, 2.05) is 23.1 Å². The Hall–Kier alpha value is -1.65. The molecule has 0 spiro atoms. The number of rotatable bonds is 2. The average molecular weight is 332 g/mol. The molecule has 3 rings (SSSR count). The molecule has 1 aromatic heterocycles. The number of halogens is 1. The summed E-state index contributed by atoms with van der Waals surface area (Å²) in [5, 5.41) is 1.87. The predicted molar refractivity (Wildman–Crippen MR) is 93.6 cm³/mol. The van der Waals surface area contributed by atoms with Gasteiger partial charge < -0.3 is 4.90 Å². The Morgan fingerprint density at radius 2 is 2.00 bits per heavy atom. The Kier molecular flexibility index (Phi) is 4.83. The number of benzene rings is 1. The molecule has 23 heavy (non-hydrogen) atoms. The van der Waals surface area contributed by atoms with E-state index in [9.17, 15) is 4.79 Å². The second-order valence-corrected chi connectivity index (χ2v) is 6.53. The minimum atomic E-state index is 0.157. The maximum atomic E-state index is 11.5. The van der Waals surface area contributed by atoms with Gasteiger partial charge in [-0.2, -0.15) is 0 Å². The van der Waals surface area contributed by atoms with Gasteiger partial charge in [-0.1, -0.05) is 29.8 Å². The summed E-state index contributed by atoms with van der Waals surface area (Å²) in [4.78, 5) is 20.6. The zero-order valence-corrected chi connectivity index (χ0v) is 14.4. The van der Waals surface area contributed by atoms with Crippen LogP contribution in [0.15, 0.2) is 24.3 Å². The lowest BCUT2D eigenvalue weighted by atomic mass is 10.1. The van der Waals surface area contributed by atoms with Crippen LogP contribution in [-0.4, -0.2) is 46.9 Å². The largest absolute Gasteiger partial charge is 0.342 e. The summed E-state index contributed by atoms with van der Waals surface area (Å²) in [5.41, 5.74) is 3.01. The summed E-state index contributed by atoms with van der Waals surface area (Å²) in [6.07, 6.45) is 0.990. The molecule has 1 amide bonds. The predicted octanol–water partition coefficient (Wildman–Crippen LogP) is 3.25. The number of pyridine rings is 1. The molecule has 1 fully saturated rings. The molecule has 0 atom stereocenters. The fraction of sp³-hybridized carbons (Fsp3) is 0.444. The molecule has 4 nitrogen and oxygen atoms in total. The van der Waals surface area contributed by atoms with E-state index in [1.165, 1.54) is 0 Å². The van der Waals surface area contributed by atoms with Crippen molar-refractivity contribution in [3.63, 3.8) is 0 Å². The van der Waals surface area contributed by atoms with Crippen molar-refractivity contribution in [2.75, 3.05) is 26.2 Å².